The topological polar surface area (TPSA) is 119 Å². The molecule has 2 rings (SSSR count). The molecule has 1 saturated heterocycles. The Bertz CT molecular complexity index is 778. The van der Waals surface area contributed by atoms with E-state index in [9.17, 15) is 32.5 Å². The van der Waals surface area contributed by atoms with Gasteiger partial charge in [-0.15, -0.1) is 0 Å². The number of piperidine rings is 1. The summed E-state index contributed by atoms with van der Waals surface area (Å²) in [6, 6.07) is 0. The molecule has 12 heteroatoms. The minimum absolute atomic E-state index is 0.00286. The number of hydrogen-bond acceptors (Lipinski definition) is 6. The second-order valence-electron chi connectivity index (χ2n) is 8.94. The van der Waals surface area contributed by atoms with E-state index >= 15 is 0 Å². The summed E-state index contributed by atoms with van der Waals surface area (Å²) in [7, 11) is -1.42. The first-order chi connectivity index (χ1) is 16.0. The molecule has 0 aromatic carbocycles. The fourth-order valence-electron chi connectivity index (χ4n) is 3.62. The van der Waals surface area contributed by atoms with E-state index in [1.165, 1.54) is 16.0 Å². The Labute approximate surface area is 201 Å². The monoisotopic (exact) mass is 506 g/mol. The van der Waals surface area contributed by atoms with Crippen molar-refractivity contribution in [1.29, 1.82) is 0 Å². The van der Waals surface area contributed by atoms with E-state index in [1.807, 2.05) is 6.92 Å². The van der Waals surface area contributed by atoms with Gasteiger partial charge in [0.1, 0.15) is 11.0 Å². The minimum Gasteiger partial charge on any atom is -0.494 e. The lowest BCUT2D eigenvalue weighted by Gasteiger charge is -2.34. The zero-order chi connectivity index (χ0) is 25.3. The van der Waals surface area contributed by atoms with Crippen LogP contribution in [0, 0.1) is 5.92 Å². The number of carbonyl (C=O) groups excluding carboxylic acids is 3. The van der Waals surface area contributed by atoms with Crippen molar-refractivity contribution in [3.8, 4) is 0 Å². The zero-order valence-electron chi connectivity index (χ0n) is 19.9. The molecule has 1 heterocycles. The smallest absolute Gasteiger partial charge is 0.251 e. The normalized spacial score (nSPS) is 18.4. The summed E-state index contributed by atoms with van der Waals surface area (Å²) in [5.41, 5.74) is 0. The van der Waals surface area contributed by atoms with Crippen molar-refractivity contribution >= 4 is 28.7 Å². The number of hydrogen-bond donors (Lipinski definition) is 3. The average molecular weight is 507 g/mol. The molecule has 1 aliphatic heterocycles. The van der Waals surface area contributed by atoms with Gasteiger partial charge in [0, 0.05) is 38.4 Å². The van der Waals surface area contributed by atoms with E-state index in [4.69, 9.17) is 0 Å². The number of likely N-dealkylation sites (tertiary alicyclic amines) is 1. The highest BCUT2D eigenvalue weighted by molar-refractivity contribution is 7.84. The predicted molar refractivity (Wildman–Crippen MR) is 124 cm³/mol. The van der Waals surface area contributed by atoms with Crippen LogP contribution in [0.15, 0.2) is 12.1 Å². The summed E-state index contributed by atoms with van der Waals surface area (Å²) in [5.74, 6) is -5.06. The van der Waals surface area contributed by atoms with Crippen LogP contribution in [0.1, 0.15) is 65.2 Å². The summed E-state index contributed by atoms with van der Waals surface area (Å²) >= 11 is 0. The van der Waals surface area contributed by atoms with E-state index in [-0.39, 0.29) is 62.4 Å². The number of rotatable bonds is 13. The lowest BCUT2D eigenvalue weighted by atomic mass is 9.91. The van der Waals surface area contributed by atoms with Crippen molar-refractivity contribution in [3.05, 3.63) is 12.1 Å². The highest BCUT2D eigenvalue weighted by atomic mass is 32.2. The van der Waals surface area contributed by atoms with Crippen LogP contribution in [-0.2, 0) is 25.4 Å². The molecule has 1 saturated carbocycles. The summed E-state index contributed by atoms with van der Waals surface area (Å²) < 4.78 is 41.0. The Kier molecular flexibility index (Phi) is 10.7. The molecule has 1 atom stereocenters. The van der Waals surface area contributed by atoms with Gasteiger partial charge in [-0.1, -0.05) is 13.3 Å². The summed E-state index contributed by atoms with van der Waals surface area (Å²) in [5, 5.41) is 12.6. The van der Waals surface area contributed by atoms with Gasteiger partial charge in [-0.25, -0.2) is 13.0 Å². The lowest BCUT2D eigenvalue weighted by Crippen LogP contribution is -2.42. The van der Waals surface area contributed by atoms with E-state index in [1.54, 1.807) is 0 Å². The molecule has 2 aliphatic rings. The largest absolute Gasteiger partial charge is 0.494 e. The van der Waals surface area contributed by atoms with Crippen molar-refractivity contribution in [2.45, 2.75) is 76.4 Å². The molecule has 0 bridgehead atoms. The van der Waals surface area contributed by atoms with Gasteiger partial charge in [-0.3, -0.25) is 19.1 Å². The predicted octanol–water partition coefficient (Wildman–Crippen LogP) is 2.18. The van der Waals surface area contributed by atoms with Gasteiger partial charge in [0.15, 0.2) is 0 Å². The van der Waals surface area contributed by atoms with Crippen LogP contribution in [0.3, 0.4) is 0 Å². The Hall–Kier alpha value is -2.24. The minimum atomic E-state index is -2.76. The molecule has 34 heavy (non-hydrogen) atoms. The number of amides is 3. The summed E-state index contributed by atoms with van der Waals surface area (Å²) in [6.45, 7) is 3.36. The van der Waals surface area contributed by atoms with Crippen LogP contribution in [0.5, 0.6) is 0 Å². The van der Waals surface area contributed by atoms with Gasteiger partial charge < -0.3 is 20.2 Å². The average Bonchev–Trinajstić information content (AvgIpc) is 3.63. The molecule has 2 fully saturated rings. The molecular formula is C22H36F2N4O5S. The second-order valence-corrected chi connectivity index (χ2v) is 10.4. The molecule has 0 spiro atoms. The maximum Gasteiger partial charge on any atom is 0.251 e. The summed E-state index contributed by atoms with van der Waals surface area (Å²) in [4.78, 5) is 39.8. The number of unbranched alkanes of at least 4 members (excludes halogenated alkanes) is 1. The first-order valence-electron chi connectivity index (χ1n) is 11.8. The molecule has 9 nitrogen and oxygen atoms in total. The van der Waals surface area contributed by atoms with Gasteiger partial charge in [-0.05, 0) is 39.0 Å². The first kappa shape index (κ1) is 28.0. The van der Waals surface area contributed by atoms with Crippen molar-refractivity contribution in [2.24, 2.45) is 5.92 Å². The molecule has 194 valence electrons. The number of halogens is 2. The van der Waals surface area contributed by atoms with Crippen molar-refractivity contribution in [1.82, 2.24) is 19.8 Å². The number of aliphatic hydroxyl groups is 1. The molecule has 1 unspecified atom stereocenters. The van der Waals surface area contributed by atoms with Gasteiger partial charge in [-0.2, -0.15) is 0 Å². The fraction of sp³-hybridized carbons (Fsp3) is 0.773. The van der Waals surface area contributed by atoms with Crippen LogP contribution >= 0.6 is 0 Å². The zero-order valence-corrected chi connectivity index (χ0v) is 20.7. The van der Waals surface area contributed by atoms with Gasteiger partial charge >= 0.3 is 0 Å². The van der Waals surface area contributed by atoms with Crippen LogP contribution in [0.2, 0.25) is 0 Å². The first-order valence-corrected chi connectivity index (χ1v) is 13.0. The highest BCUT2D eigenvalue weighted by Crippen LogP contribution is 2.32. The molecular weight excluding hydrogens is 470 g/mol. The Morgan fingerprint density at radius 3 is 2.38 bits per heavy atom. The standard InChI is InChI=1S/C22H36F2N4O5S/c1-3-4-11-28(15-19(30)25-14-18(29)26-34(33)17-5-6-17)21(32)8-7-20(31)27-12-9-16(10-13-27)22(2,23)24/h15-17,25,30H,3-14H2,1-2H3,(H,26,29)/b19-15-. The third-order valence-corrected chi connectivity index (χ3v) is 7.45. The number of nitrogens with zero attached hydrogens (tertiary/aromatic N) is 2. The number of carbonyl (C=O) groups is 3. The van der Waals surface area contributed by atoms with Gasteiger partial charge in [0.2, 0.25) is 23.6 Å². The maximum absolute atomic E-state index is 13.5. The molecule has 0 aromatic heterocycles. The quantitative estimate of drug-likeness (QED) is 0.330. The van der Waals surface area contributed by atoms with Crippen LogP contribution in [0.25, 0.3) is 0 Å². The lowest BCUT2D eigenvalue weighted by molar-refractivity contribution is -0.138. The molecule has 3 amide bonds. The van der Waals surface area contributed by atoms with E-state index in [2.05, 4.69) is 10.0 Å². The highest BCUT2D eigenvalue weighted by Gasteiger charge is 2.37. The van der Waals surface area contributed by atoms with Crippen molar-refractivity contribution < 1.29 is 32.5 Å². The number of nitrogens with one attached hydrogen (secondary N) is 2. The molecule has 3 N–H and O–H groups in total. The molecule has 0 radical (unpaired) electrons. The Morgan fingerprint density at radius 1 is 1.18 bits per heavy atom. The van der Waals surface area contributed by atoms with Crippen molar-refractivity contribution in [2.75, 3.05) is 26.2 Å². The van der Waals surface area contributed by atoms with E-state index in [0.717, 1.165) is 26.2 Å². The van der Waals surface area contributed by atoms with Crippen molar-refractivity contribution in [3.63, 3.8) is 0 Å². The Morgan fingerprint density at radius 2 is 1.82 bits per heavy atom. The SMILES string of the molecule is CCCCN(/C=C(\O)NCC(=O)NS(=O)C1CC1)C(=O)CCC(=O)N1CCC(C(C)(F)F)CC1. The third kappa shape index (κ3) is 9.55. The molecule has 0 aromatic rings. The third-order valence-electron chi connectivity index (χ3n) is 5.94. The second kappa shape index (κ2) is 13.0. The van der Waals surface area contributed by atoms with Crippen LogP contribution in [-0.4, -0.2) is 74.2 Å². The van der Waals surface area contributed by atoms with Gasteiger partial charge in [0.25, 0.3) is 5.91 Å². The summed E-state index contributed by atoms with van der Waals surface area (Å²) in [6.07, 6.45) is 4.61. The Balaban J connectivity index is 1.81. The number of alkyl halides is 2. The maximum atomic E-state index is 13.5. The van der Waals surface area contributed by atoms with E-state index in [0.29, 0.717) is 13.0 Å². The number of aliphatic hydroxyl groups excluding tert-OH is 1. The van der Waals surface area contributed by atoms with Crippen LogP contribution in [0.4, 0.5) is 8.78 Å². The van der Waals surface area contributed by atoms with E-state index < -0.39 is 34.6 Å². The van der Waals surface area contributed by atoms with Gasteiger partial charge in [0.05, 0.1) is 18.0 Å². The van der Waals surface area contributed by atoms with Crippen LogP contribution < -0.4 is 10.0 Å². The molecule has 1 aliphatic carbocycles. The fourth-order valence-corrected chi connectivity index (χ4v) is 4.65.